The largest absolute Gasteiger partial charge is 0.508 e. The summed E-state index contributed by atoms with van der Waals surface area (Å²) in [7, 11) is 1.47. The van der Waals surface area contributed by atoms with Gasteiger partial charge in [-0.25, -0.2) is 0 Å². The highest BCUT2D eigenvalue weighted by molar-refractivity contribution is 7.99. The molecule has 0 unspecified atom stereocenters. The monoisotopic (exact) mass is 599 g/mol. The van der Waals surface area contributed by atoms with Gasteiger partial charge in [-0.3, -0.25) is 0 Å². The Hall–Kier alpha value is -4.41. The van der Waals surface area contributed by atoms with Crippen LogP contribution in [0.2, 0.25) is 0 Å². The van der Waals surface area contributed by atoms with Crippen LogP contribution in [0.25, 0.3) is 0 Å². The maximum atomic E-state index is 9.79. The van der Waals surface area contributed by atoms with Crippen LogP contribution in [-0.4, -0.2) is 32.3 Å². The Morgan fingerprint density at radius 1 is 0.500 bits per heavy atom. The lowest BCUT2D eigenvalue weighted by Gasteiger charge is -2.12. The van der Waals surface area contributed by atoms with Crippen molar-refractivity contribution in [2.24, 2.45) is 0 Å². The molecule has 0 saturated carbocycles. The molecule has 214 valence electrons. The molecule has 4 aromatic carbocycles. The Labute approximate surface area is 252 Å². The Kier molecular flexibility index (Phi) is 8.75. The lowest BCUT2D eigenvalue weighted by atomic mass is 10.2. The lowest BCUT2D eigenvalue weighted by Crippen LogP contribution is -2.02. The molecule has 0 radical (unpaired) electrons. The minimum absolute atomic E-state index is 0.0436. The van der Waals surface area contributed by atoms with Crippen LogP contribution in [0.4, 0.5) is 0 Å². The van der Waals surface area contributed by atoms with E-state index in [9.17, 15) is 10.2 Å². The van der Waals surface area contributed by atoms with Crippen molar-refractivity contribution in [2.45, 2.75) is 47.3 Å². The number of methoxy groups -OCH3 is 1. The number of nitrogens with zero attached hydrogens (tertiary/aromatic N) is 3. The van der Waals surface area contributed by atoms with E-state index >= 15 is 0 Å². The third-order valence-corrected chi connectivity index (χ3v) is 8.22. The van der Waals surface area contributed by atoms with E-state index in [-0.39, 0.29) is 29.5 Å². The molecule has 1 aromatic heterocycles. The van der Waals surface area contributed by atoms with Crippen LogP contribution < -0.4 is 14.2 Å². The first-order valence-electron chi connectivity index (χ1n) is 13.0. The van der Waals surface area contributed by atoms with E-state index in [0.29, 0.717) is 11.5 Å². The van der Waals surface area contributed by atoms with Gasteiger partial charge in [-0.2, -0.15) is 0 Å². The number of aromatic nitrogens is 3. The fourth-order valence-corrected chi connectivity index (χ4v) is 5.99. The van der Waals surface area contributed by atoms with Crippen molar-refractivity contribution in [3.05, 3.63) is 95.1 Å². The van der Waals surface area contributed by atoms with Crippen LogP contribution in [0.15, 0.2) is 92.4 Å². The smallest absolute Gasteiger partial charge is 0.331 e. The molecule has 5 aromatic rings. The predicted octanol–water partition coefficient (Wildman–Crippen LogP) is 8.41. The summed E-state index contributed by atoms with van der Waals surface area (Å²) < 4.78 is 17.3. The number of hydrogen-bond acceptors (Lipinski definition) is 10. The van der Waals surface area contributed by atoms with Crippen molar-refractivity contribution >= 4 is 23.5 Å². The summed E-state index contributed by atoms with van der Waals surface area (Å²) in [4.78, 5) is 17.0. The van der Waals surface area contributed by atoms with Crippen molar-refractivity contribution in [3.63, 3.8) is 0 Å². The first-order chi connectivity index (χ1) is 20.2. The van der Waals surface area contributed by atoms with Gasteiger partial charge in [0.05, 0.1) is 7.11 Å². The molecule has 8 nitrogen and oxygen atoms in total. The molecular weight excluding hydrogens is 571 g/mol. The van der Waals surface area contributed by atoms with Gasteiger partial charge < -0.3 is 24.4 Å². The highest BCUT2D eigenvalue weighted by Gasteiger charge is 2.14. The summed E-state index contributed by atoms with van der Waals surface area (Å²) in [6.45, 7) is 7.63. The van der Waals surface area contributed by atoms with E-state index in [2.05, 4.69) is 15.0 Å². The second-order valence-corrected chi connectivity index (χ2v) is 11.8. The summed E-state index contributed by atoms with van der Waals surface area (Å²) in [5, 5.41) is 19.6. The van der Waals surface area contributed by atoms with Gasteiger partial charge >= 0.3 is 18.0 Å². The first-order valence-corrected chi connectivity index (χ1v) is 14.6. The summed E-state index contributed by atoms with van der Waals surface area (Å²) in [5.41, 5.74) is 3.44. The maximum Gasteiger partial charge on any atom is 0.331 e. The molecule has 0 aliphatic heterocycles. The van der Waals surface area contributed by atoms with Gasteiger partial charge in [-0.15, -0.1) is 15.0 Å². The Balaban J connectivity index is 1.30. The fraction of sp³-hybridized carbons (Fsp3) is 0.156. The van der Waals surface area contributed by atoms with Gasteiger partial charge in [0.2, 0.25) is 0 Å². The number of phenolic OH excluding ortho intramolecular Hbond substituents is 2. The molecule has 0 bridgehead atoms. The summed E-state index contributed by atoms with van der Waals surface area (Å²) >= 11 is 3.19. The third kappa shape index (κ3) is 7.07. The normalized spacial score (nSPS) is 10.9. The van der Waals surface area contributed by atoms with Crippen molar-refractivity contribution in [2.75, 3.05) is 7.11 Å². The molecule has 0 spiro atoms. The number of rotatable bonds is 9. The highest BCUT2D eigenvalue weighted by Crippen LogP contribution is 2.36. The molecule has 0 saturated heterocycles. The van der Waals surface area contributed by atoms with Crippen molar-refractivity contribution < 1.29 is 24.4 Å². The number of aromatic hydroxyl groups is 2. The Morgan fingerprint density at radius 3 is 1.21 bits per heavy atom. The minimum Gasteiger partial charge on any atom is -0.508 e. The van der Waals surface area contributed by atoms with E-state index in [0.717, 1.165) is 41.8 Å². The molecule has 1 heterocycles. The Morgan fingerprint density at radius 2 is 0.857 bits per heavy atom. The topological polar surface area (TPSA) is 107 Å². The molecule has 5 rings (SSSR count). The van der Waals surface area contributed by atoms with Crippen LogP contribution in [-0.2, 0) is 0 Å². The van der Waals surface area contributed by atoms with E-state index in [1.165, 1.54) is 7.11 Å². The van der Waals surface area contributed by atoms with Crippen LogP contribution in [0.1, 0.15) is 22.3 Å². The van der Waals surface area contributed by atoms with Gasteiger partial charge in [0.1, 0.15) is 23.0 Å². The second kappa shape index (κ2) is 12.6. The number of ether oxygens (including phenoxy) is 3. The molecular formula is C32H29N3O5S2. The average molecular weight is 600 g/mol. The van der Waals surface area contributed by atoms with E-state index in [4.69, 9.17) is 14.2 Å². The fourth-order valence-electron chi connectivity index (χ4n) is 3.95. The van der Waals surface area contributed by atoms with Crippen LogP contribution in [0, 0.1) is 27.7 Å². The average Bonchev–Trinajstić information content (AvgIpc) is 2.95. The zero-order valence-corrected chi connectivity index (χ0v) is 25.3. The van der Waals surface area contributed by atoms with Crippen LogP contribution in [0.5, 0.6) is 41.0 Å². The molecule has 0 aliphatic rings. The number of aryl methyl sites for hydroxylation is 4. The molecule has 0 atom stereocenters. The number of hydrogen-bond donors (Lipinski definition) is 2. The molecule has 10 heteroatoms. The predicted molar refractivity (Wildman–Crippen MR) is 163 cm³/mol. The van der Waals surface area contributed by atoms with Crippen LogP contribution in [0.3, 0.4) is 0 Å². The van der Waals surface area contributed by atoms with Gasteiger partial charge in [-0.05, 0) is 123 Å². The second-order valence-electron chi connectivity index (χ2n) is 9.55. The van der Waals surface area contributed by atoms with Gasteiger partial charge in [0.15, 0.2) is 0 Å². The zero-order valence-electron chi connectivity index (χ0n) is 23.7. The Bertz CT molecular complexity index is 1640. The highest BCUT2D eigenvalue weighted by atomic mass is 32.2. The zero-order chi connectivity index (χ0) is 29.8. The molecule has 0 fully saturated rings. The third-order valence-electron chi connectivity index (χ3n) is 6.26. The van der Waals surface area contributed by atoms with Crippen molar-refractivity contribution in [1.29, 1.82) is 0 Å². The van der Waals surface area contributed by atoms with Crippen molar-refractivity contribution in [1.82, 2.24) is 15.0 Å². The summed E-state index contributed by atoms with van der Waals surface area (Å²) in [6, 6.07) is 22.9. The SMILES string of the molecule is COc1nc(Oc2ccc(Sc3ccc(O)c(C)c3)cc2C)nc(Oc2ccc(Sc3ccc(O)c(C)c3)cc2C)n1. The van der Waals surface area contributed by atoms with Gasteiger partial charge in [-0.1, -0.05) is 23.5 Å². The molecule has 0 aliphatic carbocycles. The maximum absolute atomic E-state index is 9.79. The molecule has 0 amide bonds. The van der Waals surface area contributed by atoms with E-state index in [1.54, 1.807) is 35.7 Å². The summed E-state index contributed by atoms with van der Waals surface area (Å²) in [6.07, 6.45) is 0. The number of phenols is 2. The number of benzene rings is 4. The summed E-state index contributed by atoms with van der Waals surface area (Å²) in [5.74, 6) is 1.73. The van der Waals surface area contributed by atoms with Gasteiger partial charge in [0, 0.05) is 19.6 Å². The first kappa shape index (κ1) is 29.1. The quantitative estimate of drug-likeness (QED) is 0.171. The standard InChI is InChI=1S/C32H29N3O5S2/c1-18-14-22(6-10-26(18)36)41-24-8-12-28(20(3)16-24)39-31-33-30(38-5)34-32(35-31)40-29-13-9-25(17-21(29)4)42-23-7-11-27(37)19(2)15-23/h6-17,36-37H,1-5H3. The van der Waals surface area contributed by atoms with E-state index < -0.39 is 0 Å². The molecule has 42 heavy (non-hydrogen) atoms. The minimum atomic E-state index is 0.0436. The lowest BCUT2D eigenvalue weighted by molar-refractivity contribution is 0.335. The molecule has 2 N–H and O–H groups in total. The van der Waals surface area contributed by atoms with Crippen LogP contribution >= 0.6 is 23.5 Å². The van der Waals surface area contributed by atoms with Crippen molar-refractivity contribution in [3.8, 4) is 41.0 Å². The van der Waals surface area contributed by atoms with E-state index in [1.807, 2.05) is 88.4 Å². The van der Waals surface area contributed by atoms with Gasteiger partial charge in [0.25, 0.3) is 0 Å².